The van der Waals surface area contributed by atoms with Crippen molar-refractivity contribution in [2.24, 2.45) is 0 Å². The summed E-state index contributed by atoms with van der Waals surface area (Å²) in [6.07, 6.45) is 19.8. The first-order valence-electron chi connectivity index (χ1n) is 14.7. The molecule has 0 aliphatic heterocycles. The van der Waals surface area contributed by atoms with E-state index in [1.54, 1.807) is 0 Å². The van der Waals surface area contributed by atoms with E-state index in [9.17, 15) is 5.11 Å². The van der Waals surface area contributed by atoms with E-state index in [1.165, 1.54) is 94.6 Å². The van der Waals surface area contributed by atoms with Gasteiger partial charge in [-0.2, -0.15) is 0 Å². The Balaban J connectivity index is 1.60. The molecule has 0 spiro atoms. The number of benzene rings is 2. The minimum absolute atomic E-state index is 0.136. The lowest BCUT2D eigenvalue weighted by Gasteiger charge is -2.32. The fourth-order valence-electron chi connectivity index (χ4n) is 5.01. The van der Waals surface area contributed by atoms with Crippen molar-refractivity contribution in [3.05, 3.63) is 71.8 Å². The molecule has 0 amide bonds. The third kappa shape index (κ3) is 13.9. The van der Waals surface area contributed by atoms with Crippen molar-refractivity contribution < 1.29 is 5.11 Å². The fraction of sp³-hybridized carbons (Fsp3) is 0.636. The topological polar surface area (TPSA) is 23.5 Å². The molecule has 2 atom stereocenters. The molecule has 2 unspecified atom stereocenters. The van der Waals surface area contributed by atoms with Gasteiger partial charge in [-0.25, -0.2) is 0 Å². The van der Waals surface area contributed by atoms with E-state index < -0.39 is 0 Å². The summed E-state index contributed by atoms with van der Waals surface area (Å²) < 4.78 is 0. The molecule has 2 nitrogen and oxygen atoms in total. The number of nitrogens with zero attached hydrogens (tertiary/aromatic N) is 1. The van der Waals surface area contributed by atoms with Crippen LogP contribution in [0, 0.1) is 0 Å². The molecule has 35 heavy (non-hydrogen) atoms. The van der Waals surface area contributed by atoms with Gasteiger partial charge in [0, 0.05) is 19.1 Å². The zero-order valence-corrected chi connectivity index (χ0v) is 22.8. The predicted octanol–water partition coefficient (Wildman–Crippen LogP) is 9.31. The molecule has 2 aromatic rings. The van der Waals surface area contributed by atoms with Crippen molar-refractivity contribution in [2.75, 3.05) is 0 Å². The lowest BCUT2D eigenvalue weighted by atomic mass is 10.0. The molecule has 0 saturated heterocycles. The highest BCUT2D eigenvalue weighted by atomic mass is 16.3. The van der Waals surface area contributed by atoms with Crippen LogP contribution in [0.5, 0.6) is 0 Å². The molecule has 0 aliphatic carbocycles. The Hall–Kier alpha value is -1.64. The molecule has 1 N–H and O–H groups in total. The van der Waals surface area contributed by atoms with Crippen LogP contribution in [0.25, 0.3) is 0 Å². The van der Waals surface area contributed by atoms with E-state index in [1.807, 2.05) is 0 Å². The quantitative estimate of drug-likeness (QED) is 0.180. The summed E-state index contributed by atoms with van der Waals surface area (Å²) in [5, 5.41) is 11.0. The van der Waals surface area contributed by atoms with Crippen LogP contribution >= 0.6 is 0 Å². The molecular weight excluding hydrogens is 426 g/mol. The molecule has 0 aromatic heterocycles. The predicted molar refractivity (Wildman–Crippen MR) is 153 cm³/mol. The summed E-state index contributed by atoms with van der Waals surface area (Å²) in [7, 11) is 0. The molecule has 0 saturated carbocycles. The van der Waals surface area contributed by atoms with Gasteiger partial charge in [0.2, 0.25) is 0 Å². The average molecular weight is 480 g/mol. The summed E-state index contributed by atoms with van der Waals surface area (Å²) >= 11 is 0. The van der Waals surface area contributed by atoms with Gasteiger partial charge >= 0.3 is 0 Å². The first-order chi connectivity index (χ1) is 17.2. The molecular formula is C33H53NO. The smallest absolute Gasteiger partial charge is 0.0693 e. The van der Waals surface area contributed by atoms with Gasteiger partial charge in [0.15, 0.2) is 0 Å². The average Bonchev–Trinajstić information content (AvgIpc) is 2.89. The number of aliphatic hydroxyl groups excluding tert-OH is 1. The third-order valence-electron chi connectivity index (χ3n) is 7.44. The molecule has 0 radical (unpaired) electrons. The highest BCUT2D eigenvalue weighted by Crippen LogP contribution is 2.19. The molecule has 2 rings (SSSR count). The second kappa shape index (κ2) is 19.5. The van der Waals surface area contributed by atoms with Gasteiger partial charge in [0.05, 0.1) is 6.10 Å². The minimum atomic E-state index is -0.278. The first-order valence-corrected chi connectivity index (χ1v) is 14.7. The van der Waals surface area contributed by atoms with Crippen molar-refractivity contribution >= 4 is 0 Å². The number of rotatable bonds is 21. The summed E-state index contributed by atoms with van der Waals surface area (Å²) in [5.74, 6) is 0. The fourth-order valence-corrected chi connectivity index (χ4v) is 5.01. The maximum absolute atomic E-state index is 11.0. The van der Waals surface area contributed by atoms with Crippen molar-refractivity contribution in [2.45, 2.75) is 135 Å². The van der Waals surface area contributed by atoms with E-state index in [4.69, 9.17) is 0 Å². The third-order valence-corrected chi connectivity index (χ3v) is 7.44. The molecule has 196 valence electrons. The van der Waals surface area contributed by atoms with Gasteiger partial charge < -0.3 is 5.11 Å². The van der Waals surface area contributed by atoms with Crippen LogP contribution in [-0.4, -0.2) is 22.2 Å². The van der Waals surface area contributed by atoms with Crippen molar-refractivity contribution in [1.29, 1.82) is 0 Å². The second-order valence-electron chi connectivity index (χ2n) is 10.6. The number of unbranched alkanes of at least 4 members (excludes halogenated alkanes) is 13. The van der Waals surface area contributed by atoms with E-state index in [2.05, 4.69) is 79.4 Å². The maximum Gasteiger partial charge on any atom is 0.0693 e. The van der Waals surface area contributed by atoms with Crippen LogP contribution in [-0.2, 0) is 13.1 Å². The Kier molecular flexibility index (Phi) is 16.5. The van der Waals surface area contributed by atoms with Crippen LogP contribution in [0.15, 0.2) is 60.7 Å². The Morgan fingerprint density at radius 2 is 0.943 bits per heavy atom. The van der Waals surface area contributed by atoms with Gasteiger partial charge in [-0.05, 0) is 24.5 Å². The SMILES string of the molecule is CCCCCCCCCCCCCCCCC(O)C(C)N(Cc1ccccc1)Cc1ccccc1. The van der Waals surface area contributed by atoms with E-state index in [-0.39, 0.29) is 12.1 Å². The van der Waals surface area contributed by atoms with Gasteiger partial charge in [-0.15, -0.1) is 0 Å². The Morgan fingerprint density at radius 3 is 1.34 bits per heavy atom. The number of hydrogen-bond acceptors (Lipinski definition) is 2. The highest BCUT2D eigenvalue weighted by Gasteiger charge is 2.22. The van der Waals surface area contributed by atoms with Crippen LogP contribution in [0.2, 0.25) is 0 Å². The van der Waals surface area contributed by atoms with E-state index in [0.29, 0.717) is 0 Å². The Bertz CT molecular complexity index is 675. The second-order valence-corrected chi connectivity index (χ2v) is 10.6. The molecule has 0 bridgehead atoms. The van der Waals surface area contributed by atoms with Crippen LogP contribution in [0.1, 0.15) is 121 Å². The monoisotopic (exact) mass is 479 g/mol. The lowest BCUT2D eigenvalue weighted by molar-refractivity contribution is 0.0421. The first kappa shape index (κ1) is 29.6. The molecule has 0 fully saturated rings. The number of hydrogen-bond donors (Lipinski definition) is 1. The lowest BCUT2D eigenvalue weighted by Crippen LogP contribution is -2.40. The maximum atomic E-state index is 11.0. The van der Waals surface area contributed by atoms with Crippen molar-refractivity contribution in [1.82, 2.24) is 4.90 Å². The molecule has 0 heterocycles. The van der Waals surface area contributed by atoms with E-state index in [0.717, 1.165) is 25.9 Å². The van der Waals surface area contributed by atoms with Gasteiger partial charge in [-0.1, -0.05) is 157 Å². The van der Waals surface area contributed by atoms with Crippen LogP contribution < -0.4 is 0 Å². The molecule has 2 aromatic carbocycles. The summed E-state index contributed by atoms with van der Waals surface area (Å²) in [6, 6.07) is 21.4. The van der Waals surface area contributed by atoms with Gasteiger partial charge in [-0.3, -0.25) is 4.90 Å². The number of aliphatic hydroxyl groups is 1. The van der Waals surface area contributed by atoms with E-state index >= 15 is 0 Å². The largest absolute Gasteiger partial charge is 0.392 e. The van der Waals surface area contributed by atoms with Crippen LogP contribution in [0.3, 0.4) is 0 Å². The van der Waals surface area contributed by atoms with Gasteiger partial charge in [0.25, 0.3) is 0 Å². The van der Waals surface area contributed by atoms with Crippen LogP contribution in [0.4, 0.5) is 0 Å². The molecule has 2 heteroatoms. The standard InChI is InChI=1S/C33H53NO/c1-3-4-5-6-7-8-9-10-11-12-13-14-15-22-27-33(35)30(2)34(28-31-23-18-16-19-24-31)29-32-25-20-17-21-26-32/h16-21,23-26,30,33,35H,3-15,22,27-29H2,1-2H3. The zero-order chi connectivity index (χ0) is 25.0. The minimum Gasteiger partial charge on any atom is -0.392 e. The zero-order valence-electron chi connectivity index (χ0n) is 22.8. The molecule has 0 aliphatic rings. The summed E-state index contributed by atoms with van der Waals surface area (Å²) in [4.78, 5) is 2.43. The van der Waals surface area contributed by atoms with Crippen molar-refractivity contribution in [3.8, 4) is 0 Å². The van der Waals surface area contributed by atoms with Gasteiger partial charge in [0.1, 0.15) is 0 Å². The summed E-state index contributed by atoms with van der Waals surface area (Å²) in [5.41, 5.74) is 2.61. The Morgan fingerprint density at radius 1 is 0.571 bits per heavy atom. The summed E-state index contributed by atoms with van der Waals surface area (Å²) in [6.45, 7) is 6.22. The highest BCUT2D eigenvalue weighted by molar-refractivity contribution is 5.17. The Labute approximate surface area is 217 Å². The normalized spacial score (nSPS) is 13.3. The van der Waals surface area contributed by atoms with Crippen molar-refractivity contribution in [3.63, 3.8) is 0 Å².